The van der Waals surface area contributed by atoms with Crippen molar-refractivity contribution in [1.82, 2.24) is 13.7 Å². The van der Waals surface area contributed by atoms with E-state index in [9.17, 15) is 0 Å². The average molecular weight is 1220 g/mol. The van der Waals surface area contributed by atoms with Crippen molar-refractivity contribution in [3.8, 4) is 55.9 Å². The van der Waals surface area contributed by atoms with E-state index in [1.54, 1.807) is 11.1 Å². The largest absolute Gasteiger partial charge is 0.333 e. The van der Waals surface area contributed by atoms with Gasteiger partial charge in [-0.25, -0.2) is 0 Å². The van der Waals surface area contributed by atoms with Gasteiger partial charge in [-0.05, 0) is 225 Å². The molecule has 12 aromatic carbocycles. The summed E-state index contributed by atoms with van der Waals surface area (Å²) < 4.78 is 7.57. The van der Waals surface area contributed by atoms with E-state index >= 15 is 0 Å². The Hall–Kier alpha value is -11.3. The molecule has 4 aliphatic rings. The van der Waals surface area contributed by atoms with Gasteiger partial charge in [0.1, 0.15) is 0 Å². The molecule has 0 bridgehead atoms. The SMILES string of the molecule is C1=CC(n2c3ccccc3c3cc(-c4ccc5c(c4)c4cc(-c6cc(-c7ccccc7)cc(-n7c8ccccc8c8cc(C9=CC%10=C(CC9)C(CC9CC=CCC9)c9ccccc9%10)ccc87)c6)ccc4n5-c4cccc(-c5ccccc5)c4)ccc32)CC(c2ccccc2)=C1. The summed E-state index contributed by atoms with van der Waals surface area (Å²) in [6.07, 6.45) is 22.4. The summed E-state index contributed by atoms with van der Waals surface area (Å²) in [6.45, 7) is 0. The molecule has 3 unspecified atom stereocenters. The highest BCUT2D eigenvalue weighted by atomic mass is 15.0. The van der Waals surface area contributed by atoms with Crippen molar-refractivity contribution < 1.29 is 0 Å². The molecule has 3 aromatic heterocycles. The van der Waals surface area contributed by atoms with Crippen LogP contribution in [0.25, 0.3) is 138 Å². The van der Waals surface area contributed by atoms with E-state index in [1.807, 2.05) is 0 Å². The summed E-state index contributed by atoms with van der Waals surface area (Å²) in [6, 6.07) is 105. The van der Waals surface area contributed by atoms with Gasteiger partial charge >= 0.3 is 0 Å². The summed E-state index contributed by atoms with van der Waals surface area (Å²) in [5.41, 5.74) is 30.6. The molecule has 0 saturated carbocycles. The number of allylic oxidation sites excluding steroid dienone is 10. The fraction of sp³-hybridized carbons (Fsp3) is 0.109. The predicted molar refractivity (Wildman–Crippen MR) is 401 cm³/mol. The monoisotopic (exact) mass is 1220 g/mol. The minimum Gasteiger partial charge on any atom is -0.333 e. The Balaban J connectivity index is 0.747. The van der Waals surface area contributed by atoms with Crippen LogP contribution in [0.5, 0.6) is 0 Å². The van der Waals surface area contributed by atoms with Gasteiger partial charge in [-0.2, -0.15) is 0 Å². The summed E-state index contributed by atoms with van der Waals surface area (Å²) in [4.78, 5) is 0. The molecule has 15 aromatic rings. The maximum atomic E-state index is 2.57. The van der Waals surface area contributed by atoms with E-state index in [2.05, 4.69) is 329 Å². The van der Waals surface area contributed by atoms with Crippen molar-refractivity contribution in [2.75, 3.05) is 0 Å². The van der Waals surface area contributed by atoms with E-state index in [4.69, 9.17) is 0 Å². The molecule has 3 atom stereocenters. The zero-order chi connectivity index (χ0) is 62.5. The van der Waals surface area contributed by atoms with E-state index in [0.717, 1.165) is 36.6 Å². The van der Waals surface area contributed by atoms with Gasteiger partial charge in [0.2, 0.25) is 0 Å². The second-order valence-corrected chi connectivity index (χ2v) is 26.9. The second-order valence-electron chi connectivity index (χ2n) is 26.9. The zero-order valence-electron chi connectivity index (χ0n) is 53.0. The summed E-state index contributed by atoms with van der Waals surface area (Å²) in [5, 5.41) is 7.52. The van der Waals surface area contributed by atoms with Crippen LogP contribution in [0.1, 0.15) is 79.2 Å². The highest BCUT2D eigenvalue weighted by Gasteiger charge is 2.34. The standard InChI is InChI=1S/C92H69N3/c1-5-21-60(22-6-1)49-81-76-33-13-14-34-77(76)82-55-66(39-44-78(81)82)67-41-46-90-84(56-67)80-36-16-18-38-88(80)95(90)75-53-71(63-27-11-4-12-28-63)50-72(54-75)70-43-48-92-86(59-70)85-58-69(42-47-91(85)94(92)74-32-20-30-65(52-74)62-25-9-3-10-26-62)68-40-45-89-83(57-68)79-35-15-17-37-87(79)93(89)73-31-19-29-64(51-73)61-23-7-2-8-24-61/h1-5,7-20,23-38,40-43,45-48,50,52-60,73,81H,6,21-22,39,44,49,51H2. The lowest BCUT2D eigenvalue weighted by atomic mass is 9.79. The number of nitrogens with zero attached hydrogens (tertiary/aromatic N) is 3. The second kappa shape index (κ2) is 22.8. The topological polar surface area (TPSA) is 14.8 Å². The maximum Gasteiger partial charge on any atom is 0.0566 e. The molecule has 4 aliphatic carbocycles. The third-order valence-corrected chi connectivity index (χ3v) is 21.5. The van der Waals surface area contributed by atoms with Gasteiger partial charge in [0.25, 0.3) is 0 Å². The minimum absolute atomic E-state index is 0.186. The van der Waals surface area contributed by atoms with Gasteiger partial charge in [0.15, 0.2) is 0 Å². The van der Waals surface area contributed by atoms with Crippen LogP contribution in [0.3, 0.4) is 0 Å². The number of hydrogen-bond acceptors (Lipinski definition) is 0. The lowest BCUT2D eigenvalue weighted by Crippen LogP contribution is -2.10. The number of para-hydroxylation sites is 2. The molecule has 3 heteroatoms. The van der Waals surface area contributed by atoms with Crippen LogP contribution in [0.15, 0.2) is 321 Å². The van der Waals surface area contributed by atoms with Gasteiger partial charge < -0.3 is 13.7 Å². The van der Waals surface area contributed by atoms with Crippen LogP contribution < -0.4 is 0 Å². The smallest absolute Gasteiger partial charge is 0.0566 e. The molecule has 0 spiro atoms. The number of hydrogen-bond donors (Lipinski definition) is 0. The third-order valence-electron chi connectivity index (χ3n) is 21.5. The van der Waals surface area contributed by atoms with Crippen LogP contribution in [-0.4, -0.2) is 13.7 Å². The average Bonchev–Trinajstić information content (AvgIpc) is 1.62. The summed E-state index contributed by atoms with van der Waals surface area (Å²) >= 11 is 0. The molecule has 3 heterocycles. The molecule has 0 fully saturated rings. The summed E-state index contributed by atoms with van der Waals surface area (Å²) in [5.74, 6) is 1.28. The molecule has 452 valence electrons. The van der Waals surface area contributed by atoms with Gasteiger partial charge in [0, 0.05) is 60.6 Å². The van der Waals surface area contributed by atoms with E-state index < -0.39 is 0 Å². The first-order chi connectivity index (χ1) is 47.1. The molecule has 0 saturated heterocycles. The van der Waals surface area contributed by atoms with E-state index in [0.29, 0.717) is 5.92 Å². The van der Waals surface area contributed by atoms with Crippen LogP contribution in [0.4, 0.5) is 0 Å². The molecule has 0 amide bonds. The lowest BCUT2D eigenvalue weighted by Gasteiger charge is -2.26. The Morgan fingerprint density at radius 3 is 1.59 bits per heavy atom. The van der Waals surface area contributed by atoms with Crippen LogP contribution in [-0.2, 0) is 0 Å². The number of benzene rings is 12. The lowest BCUT2D eigenvalue weighted by molar-refractivity contribution is 0.420. The van der Waals surface area contributed by atoms with Crippen molar-refractivity contribution in [2.24, 2.45) is 5.92 Å². The molecule has 95 heavy (non-hydrogen) atoms. The Morgan fingerprint density at radius 2 is 0.874 bits per heavy atom. The van der Waals surface area contributed by atoms with E-state index in [-0.39, 0.29) is 6.04 Å². The zero-order valence-corrected chi connectivity index (χ0v) is 53.0. The Kier molecular flexibility index (Phi) is 13.3. The molecule has 19 rings (SSSR count). The Bertz CT molecular complexity index is 5760. The van der Waals surface area contributed by atoms with Crippen molar-refractivity contribution in [3.63, 3.8) is 0 Å². The molecule has 3 nitrogen and oxygen atoms in total. The Morgan fingerprint density at radius 1 is 0.358 bits per heavy atom. The van der Waals surface area contributed by atoms with E-state index in [1.165, 1.54) is 169 Å². The predicted octanol–water partition coefficient (Wildman–Crippen LogP) is 24.7. The molecular weight excluding hydrogens is 1150 g/mol. The first-order valence-electron chi connectivity index (χ1n) is 34.2. The fourth-order valence-corrected chi connectivity index (χ4v) is 17.0. The normalized spacial score (nSPS) is 16.9. The highest BCUT2D eigenvalue weighted by Crippen LogP contribution is 2.53. The number of fused-ring (bicyclic) bond motifs is 11. The number of aromatic nitrogens is 3. The fourth-order valence-electron chi connectivity index (χ4n) is 17.0. The van der Waals surface area contributed by atoms with Crippen LogP contribution in [0.2, 0.25) is 0 Å². The molecule has 0 N–H and O–H groups in total. The van der Waals surface area contributed by atoms with Gasteiger partial charge in [-0.3, -0.25) is 0 Å². The van der Waals surface area contributed by atoms with Crippen molar-refractivity contribution in [2.45, 2.75) is 56.9 Å². The van der Waals surface area contributed by atoms with Crippen molar-refractivity contribution in [3.05, 3.63) is 343 Å². The van der Waals surface area contributed by atoms with Gasteiger partial charge in [-0.15, -0.1) is 0 Å². The molecule has 0 radical (unpaired) electrons. The minimum atomic E-state index is 0.186. The van der Waals surface area contributed by atoms with Crippen molar-refractivity contribution in [1.29, 1.82) is 0 Å². The first-order valence-corrected chi connectivity index (χ1v) is 34.2. The van der Waals surface area contributed by atoms with Crippen molar-refractivity contribution >= 4 is 82.1 Å². The molecular formula is C92H69N3. The Labute approximate surface area is 554 Å². The number of rotatable bonds is 11. The first kappa shape index (κ1) is 55.4. The molecule has 0 aliphatic heterocycles. The highest BCUT2D eigenvalue weighted by molar-refractivity contribution is 6.14. The summed E-state index contributed by atoms with van der Waals surface area (Å²) in [7, 11) is 0. The van der Waals surface area contributed by atoms with Crippen LogP contribution in [0, 0.1) is 5.92 Å². The van der Waals surface area contributed by atoms with Gasteiger partial charge in [-0.1, -0.05) is 230 Å². The maximum absolute atomic E-state index is 2.57. The van der Waals surface area contributed by atoms with Gasteiger partial charge in [0.05, 0.1) is 28.1 Å². The third kappa shape index (κ3) is 9.46. The van der Waals surface area contributed by atoms with Crippen LogP contribution >= 0.6 is 0 Å². The quantitative estimate of drug-likeness (QED) is 0.115.